The summed E-state index contributed by atoms with van der Waals surface area (Å²) >= 11 is 0. The van der Waals surface area contributed by atoms with Crippen molar-refractivity contribution < 1.29 is 9.90 Å². The van der Waals surface area contributed by atoms with Gasteiger partial charge in [0.25, 0.3) is 5.91 Å². The second-order valence-corrected chi connectivity index (χ2v) is 11.7. The lowest BCUT2D eigenvalue weighted by Gasteiger charge is -2.61. The molecule has 4 aliphatic rings. The van der Waals surface area contributed by atoms with Gasteiger partial charge in [-0.3, -0.25) is 9.78 Å². The van der Waals surface area contributed by atoms with Crippen molar-refractivity contribution in [2.45, 2.75) is 84.7 Å². The van der Waals surface area contributed by atoms with E-state index in [2.05, 4.69) is 36.3 Å². The highest BCUT2D eigenvalue weighted by Crippen LogP contribution is 2.67. The van der Waals surface area contributed by atoms with Gasteiger partial charge in [-0.25, -0.2) is 5.43 Å². The van der Waals surface area contributed by atoms with Crippen LogP contribution >= 0.6 is 0 Å². The third-order valence-corrected chi connectivity index (χ3v) is 10.4. The summed E-state index contributed by atoms with van der Waals surface area (Å²) in [7, 11) is 0. The molecule has 1 aromatic rings. The Morgan fingerprint density at radius 1 is 1.03 bits per heavy atom. The SMILES string of the molecule is C/C(=N\NC(=O)c1ccncc1)[C@@H]1CC[C@@H]2[C@@H]3CC[C@H]4C[C@H](O)CC[C@]4(C)[C@H]3CC[C@@]21C. The van der Waals surface area contributed by atoms with Crippen LogP contribution in [0.5, 0.6) is 0 Å². The fraction of sp³-hybridized carbons (Fsp3) is 0.741. The predicted molar refractivity (Wildman–Crippen MR) is 126 cm³/mol. The van der Waals surface area contributed by atoms with Gasteiger partial charge in [0.05, 0.1) is 6.10 Å². The summed E-state index contributed by atoms with van der Waals surface area (Å²) < 4.78 is 0. The van der Waals surface area contributed by atoms with E-state index in [-0.39, 0.29) is 17.4 Å². The molecular formula is C27H39N3O2. The minimum atomic E-state index is -0.166. The van der Waals surface area contributed by atoms with Crippen LogP contribution in [0.3, 0.4) is 0 Å². The maximum Gasteiger partial charge on any atom is 0.271 e. The summed E-state index contributed by atoms with van der Waals surface area (Å²) in [5.41, 5.74) is 5.17. The van der Waals surface area contributed by atoms with E-state index in [1.165, 1.54) is 44.9 Å². The van der Waals surface area contributed by atoms with Crippen molar-refractivity contribution >= 4 is 11.6 Å². The second kappa shape index (κ2) is 8.23. The number of carbonyl (C=O) groups is 1. The first-order chi connectivity index (χ1) is 15.3. The Balaban J connectivity index is 1.31. The number of nitrogens with one attached hydrogen (secondary N) is 1. The smallest absolute Gasteiger partial charge is 0.271 e. The number of hydrogen-bond donors (Lipinski definition) is 2. The standard InChI is InChI=1S/C27H39N3O2/c1-17(29-30-25(32)18-10-14-28-15-11-18)22-6-7-23-21-5-4-19-16-20(31)8-12-26(19,2)24(21)9-13-27(22,23)3/h10-11,14-15,19-24,31H,4-9,12-13,16H2,1-3H3,(H,30,32)/b29-17+/t19-,20+,21-,22-,23+,24-,26-,27+/m0/s1. The molecule has 4 fully saturated rings. The summed E-state index contributed by atoms with van der Waals surface area (Å²) in [5, 5.41) is 14.8. The molecule has 0 aliphatic heterocycles. The van der Waals surface area contributed by atoms with Gasteiger partial charge in [0, 0.05) is 29.6 Å². The van der Waals surface area contributed by atoms with Gasteiger partial charge in [-0.1, -0.05) is 13.8 Å². The Hall–Kier alpha value is -1.75. The van der Waals surface area contributed by atoms with Crippen molar-refractivity contribution in [3.05, 3.63) is 30.1 Å². The molecule has 0 spiro atoms. The number of amides is 1. The average Bonchev–Trinajstić information content (AvgIpc) is 3.15. The lowest BCUT2D eigenvalue weighted by atomic mass is 9.44. The van der Waals surface area contributed by atoms with Gasteiger partial charge < -0.3 is 5.11 Å². The number of nitrogens with zero attached hydrogens (tertiary/aromatic N) is 2. The zero-order valence-corrected chi connectivity index (χ0v) is 19.9. The number of hydrogen-bond acceptors (Lipinski definition) is 4. The van der Waals surface area contributed by atoms with E-state index in [1.54, 1.807) is 24.5 Å². The molecule has 0 saturated heterocycles. The summed E-state index contributed by atoms with van der Waals surface area (Å²) in [6.45, 7) is 7.17. The van der Waals surface area contributed by atoms with Crippen LogP contribution < -0.4 is 5.43 Å². The second-order valence-electron chi connectivity index (χ2n) is 11.7. The molecule has 1 heterocycles. The number of aliphatic hydroxyl groups excluding tert-OH is 1. The summed E-state index contributed by atoms with van der Waals surface area (Å²) in [6, 6.07) is 3.44. The molecule has 5 heteroatoms. The Morgan fingerprint density at radius 3 is 2.53 bits per heavy atom. The molecule has 0 unspecified atom stereocenters. The molecule has 4 saturated carbocycles. The monoisotopic (exact) mass is 437 g/mol. The largest absolute Gasteiger partial charge is 0.393 e. The average molecular weight is 438 g/mol. The number of pyridine rings is 1. The Kier molecular flexibility index (Phi) is 5.68. The lowest BCUT2D eigenvalue weighted by Crippen LogP contribution is -2.54. The van der Waals surface area contributed by atoms with E-state index < -0.39 is 0 Å². The molecule has 5 rings (SSSR count). The quantitative estimate of drug-likeness (QED) is 0.504. The summed E-state index contributed by atoms with van der Waals surface area (Å²) in [5.74, 6) is 3.38. The van der Waals surface area contributed by atoms with Crippen molar-refractivity contribution in [1.82, 2.24) is 10.4 Å². The molecule has 1 aromatic heterocycles. The molecule has 174 valence electrons. The number of fused-ring (bicyclic) bond motifs is 5. The molecule has 5 nitrogen and oxygen atoms in total. The van der Waals surface area contributed by atoms with Crippen molar-refractivity contribution in [1.29, 1.82) is 0 Å². The van der Waals surface area contributed by atoms with Crippen LogP contribution in [0.4, 0.5) is 0 Å². The van der Waals surface area contributed by atoms with Gasteiger partial charge in [0.2, 0.25) is 0 Å². The molecule has 1 amide bonds. The minimum absolute atomic E-state index is 0.0736. The van der Waals surface area contributed by atoms with Crippen LogP contribution in [-0.4, -0.2) is 27.8 Å². The summed E-state index contributed by atoms with van der Waals surface area (Å²) in [4.78, 5) is 16.4. The fourth-order valence-electron chi connectivity index (χ4n) is 8.71. The molecule has 2 N–H and O–H groups in total. The highest BCUT2D eigenvalue weighted by Gasteiger charge is 2.60. The van der Waals surface area contributed by atoms with Gasteiger partial charge >= 0.3 is 0 Å². The first-order valence-electron chi connectivity index (χ1n) is 12.8. The number of carbonyl (C=O) groups excluding carboxylic acids is 1. The first-order valence-corrected chi connectivity index (χ1v) is 12.8. The Labute approximate surface area is 192 Å². The van der Waals surface area contributed by atoms with Crippen molar-refractivity contribution in [2.24, 2.45) is 45.5 Å². The van der Waals surface area contributed by atoms with Gasteiger partial charge in [-0.2, -0.15) is 5.10 Å². The van der Waals surface area contributed by atoms with E-state index >= 15 is 0 Å². The third-order valence-electron chi connectivity index (χ3n) is 10.4. The van der Waals surface area contributed by atoms with Gasteiger partial charge in [-0.05, 0) is 111 Å². The van der Waals surface area contributed by atoms with Crippen LogP contribution in [0.1, 0.15) is 88.9 Å². The van der Waals surface area contributed by atoms with Crippen LogP contribution in [0, 0.1) is 40.4 Å². The van der Waals surface area contributed by atoms with E-state index in [0.717, 1.165) is 36.3 Å². The molecular weight excluding hydrogens is 398 g/mol. The number of aliphatic hydroxyl groups is 1. The highest BCUT2D eigenvalue weighted by atomic mass is 16.3. The molecule has 4 aliphatic carbocycles. The van der Waals surface area contributed by atoms with Gasteiger partial charge in [-0.15, -0.1) is 0 Å². The van der Waals surface area contributed by atoms with Crippen molar-refractivity contribution in [2.75, 3.05) is 0 Å². The van der Waals surface area contributed by atoms with Crippen LogP contribution in [0.25, 0.3) is 0 Å². The fourth-order valence-corrected chi connectivity index (χ4v) is 8.71. The van der Waals surface area contributed by atoms with Crippen LogP contribution in [0.2, 0.25) is 0 Å². The van der Waals surface area contributed by atoms with Crippen molar-refractivity contribution in [3.63, 3.8) is 0 Å². The van der Waals surface area contributed by atoms with Gasteiger partial charge in [0.15, 0.2) is 0 Å². The lowest BCUT2D eigenvalue weighted by molar-refractivity contribution is -0.123. The molecule has 8 atom stereocenters. The summed E-state index contributed by atoms with van der Waals surface area (Å²) in [6.07, 6.45) is 14.1. The number of aromatic nitrogens is 1. The molecule has 0 bridgehead atoms. The van der Waals surface area contributed by atoms with E-state index in [0.29, 0.717) is 22.8 Å². The topological polar surface area (TPSA) is 74.6 Å². The zero-order chi connectivity index (χ0) is 22.5. The maximum atomic E-state index is 12.4. The maximum absolute atomic E-state index is 12.4. The predicted octanol–water partition coefficient (Wildman–Crippen LogP) is 5.21. The third kappa shape index (κ3) is 3.52. The van der Waals surface area contributed by atoms with Crippen molar-refractivity contribution in [3.8, 4) is 0 Å². The van der Waals surface area contributed by atoms with Crippen LogP contribution in [0.15, 0.2) is 29.6 Å². The minimum Gasteiger partial charge on any atom is -0.393 e. The Bertz CT molecular complexity index is 886. The number of rotatable bonds is 3. The van der Waals surface area contributed by atoms with Gasteiger partial charge in [0.1, 0.15) is 0 Å². The van der Waals surface area contributed by atoms with E-state index in [4.69, 9.17) is 0 Å². The molecule has 32 heavy (non-hydrogen) atoms. The molecule has 0 aromatic carbocycles. The van der Waals surface area contributed by atoms with E-state index in [9.17, 15) is 9.90 Å². The normalized spacial score (nSPS) is 43.7. The first kappa shape index (κ1) is 22.1. The van der Waals surface area contributed by atoms with Crippen LogP contribution in [-0.2, 0) is 0 Å². The zero-order valence-electron chi connectivity index (χ0n) is 19.9. The number of hydrazone groups is 1. The highest BCUT2D eigenvalue weighted by molar-refractivity contribution is 5.95. The van der Waals surface area contributed by atoms with E-state index in [1.807, 2.05) is 0 Å². The Morgan fingerprint density at radius 2 is 1.75 bits per heavy atom. The molecule has 0 radical (unpaired) electrons.